The number of benzene rings is 1. The summed E-state index contributed by atoms with van der Waals surface area (Å²) in [5.74, 6) is -0.309. The molecule has 8 heteroatoms. The molecule has 138 valence electrons. The van der Waals surface area contributed by atoms with E-state index in [9.17, 15) is 9.59 Å². The van der Waals surface area contributed by atoms with Crippen LogP contribution in [0.15, 0.2) is 18.2 Å². The van der Waals surface area contributed by atoms with Gasteiger partial charge in [-0.3, -0.25) is 9.59 Å². The Hall–Kier alpha value is -2.05. The van der Waals surface area contributed by atoms with Crippen molar-refractivity contribution >= 4 is 35.0 Å². The van der Waals surface area contributed by atoms with Gasteiger partial charge >= 0.3 is 0 Å². The third-order valence-corrected chi connectivity index (χ3v) is 5.29. The van der Waals surface area contributed by atoms with Crippen molar-refractivity contribution in [3.8, 4) is 5.69 Å². The Morgan fingerprint density at radius 2 is 2.12 bits per heavy atom. The third-order valence-electron chi connectivity index (χ3n) is 4.55. The Morgan fingerprint density at radius 1 is 1.35 bits per heavy atom. The first-order valence-electron chi connectivity index (χ1n) is 8.44. The molecule has 0 radical (unpaired) electrons. The van der Waals surface area contributed by atoms with Crippen LogP contribution in [0.4, 0.5) is 0 Å². The van der Waals surface area contributed by atoms with Crippen molar-refractivity contribution in [2.75, 3.05) is 6.54 Å². The van der Waals surface area contributed by atoms with Gasteiger partial charge in [-0.1, -0.05) is 23.2 Å². The van der Waals surface area contributed by atoms with Crippen LogP contribution in [0.25, 0.3) is 5.69 Å². The highest BCUT2D eigenvalue weighted by molar-refractivity contribution is 6.42. The SMILES string of the molecule is Cc1nn(-c2ccc(Cl)c(Cl)c2)c(C)c1CC(=O)NC1CCCNC1=O. The average Bonchev–Trinajstić information content (AvgIpc) is 2.87. The van der Waals surface area contributed by atoms with Gasteiger partial charge in [0.1, 0.15) is 6.04 Å². The van der Waals surface area contributed by atoms with E-state index >= 15 is 0 Å². The van der Waals surface area contributed by atoms with E-state index < -0.39 is 6.04 Å². The quantitative estimate of drug-likeness (QED) is 0.836. The number of aryl methyl sites for hydroxylation is 1. The van der Waals surface area contributed by atoms with Crippen molar-refractivity contribution in [3.63, 3.8) is 0 Å². The molecule has 1 atom stereocenters. The number of rotatable bonds is 4. The van der Waals surface area contributed by atoms with Crippen LogP contribution in [0.5, 0.6) is 0 Å². The van der Waals surface area contributed by atoms with Gasteiger partial charge in [-0.15, -0.1) is 0 Å². The number of nitrogens with zero attached hydrogens (tertiary/aromatic N) is 2. The summed E-state index contributed by atoms with van der Waals surface area (Å²) in [5.41, 5.74) is 3.23. The van der Waals surface area contributed by atoms with Crippen molar-refractivity contribution in [2.24, 2.45) is 0 Å². The number of carbonyl (C=O) groups excluding carboxylic acids is 2. The summed E-state index contributed by atoms with van der Waals surface area (Å²) in [5, 5.41) is 11.0. The summed E-state index contributed by atoms with van der Waals surface area (Å²) >= 11 is 12.1. The van der Waals surface area contributed by atoms with E-state index in [-0.39, 0.29) is 18.2 Å². The summed E-state index contributed by atoms with van der Waals surface area (Å²) in [7, 11) is 0. The first kappa shape index (κ1) is 18.7. The lowest BCUT2D eigenvalue weighted by Crippen LogP contribution is -2.50. The Kier molecular flexibility index (Phi) is 5.53. The van der Waals surface area contributed by atoms with Crippen LogP contribution in [-0.2, 0) is 16.0 Å². The first-order chi connectivity index (χ1) is 12.4. The molecule has 1 aromatic heterocycles. The molecule has 2 N–H and O–H groups in total. The molecule has 2 heterocycles. The molecule has 1 saturated heterocycles. The van der Waals surface area contributed by atoms with Crippen molar-refractivity contribution in [1.29, 1.82) is 0 Å². The van der Waals surface area contributed by atoms with Crippen LogP contribution in [0.2, 0.25) is 10.0 Å². The first-order valence-corrected chi connectivity index (χ1v) is 9.20. The number of piperidine rings is 1. The average molecular weight is 395 g/mol. The van der Waals surface area contributed by atoms with E-state index in [1.165, 1.54) is 0 Å². The van der Waals surface area contributed by atoms with E-state index in [4.69, 9.17) is 23.2 Å². The Balaban J connectivity index is 1.78. The van der Waals surface area contributed by atoms with Crippen molar-refractivity contribution in [1.82, 2.24) is 20.4 Å². The molecule has 6 nitrogen and oxygen atoms in total. The van der Waals surface area contributed by atoms with Gasteiger partial charge in [0.2, 0.25) is 11.8 Å². The molecule has 0 aliphatic carbocycles. The number of aromatic nitrogens is 2. The molecule has 1 aliphatic rings. The highest BCUT2D eigenvalue weighted by Gasteiger charge is 2.24. The zero-order valence-corrected chi connectivity index (χ0v) is 16.1. The molecule has 3 rings (SSSR count). The molecule has 0 saturated carbocycles. The maximum atomic E-state index is 12.4. The smallest absolute Gasteiger partial charge is 0.242 e. The second-order valence-corrected chi connectivity index (χ2v) is 7.20. The van der Waals surface area contributed by atoms with Gasteiger partial charge in [0.05, 0.1) is 27.8 Å². The molecule has 1 aromatic carbocycles. The van der Waals surface area contributed by atoms with Crippen LogP contribution in [-0.4, -0.2) is 34.2 Å². The minimum atomic E-state index is -0.457. The van der Waals surface area contributed by atoms with E-state index in [1.807, 2.05) is 19.9 Å². The van der Waals surface area contributed by atoms with Gasteiger partial charge in [-0.2, -0.15) is 5.10 Å². The van der Waals surface area contributed by atoms with E-state index in [1.54, 1.807) is 16.8 Å². The van der Waals surface area contributed by atoms with Gasteiger partial charge in [-0.25, -0.2) is 4.68 Å². The number of halogens is 2. The lowest BCUT2D eigenvalue weighted by molar-refractivity contribution is -0.129. The normalized spacial score (nSPS) is 17.1. The fraction of sp³-hybridized carbons (Fsp3) is 0.389. The largest absolute Gasteiger partial charge is 0.354 e. The lowest BCUT2D eigenvalue weighted by Gasteiger charge is -2.22. The number of carbonyl (C=O) groups is 2. The molecule has 0 spiro atoms. The van der Waals surface area contributed by atoms with Crippen molar-refractivity contribution < 1.29 is 9.59 Å². The summed E-state index contributed by atoms with van der Waals surface area (Å²) in [6, 6.07) is 4.81. The van der Waals surface area contributed by atoms with E-state index in [0.29, 0.717) is 23.0 Å². The minimum Gasteiger partial charge on any atom is -0.354 e. The van der Waals surface area contributed by atoms with Crippen LogP contribution in [0.1, 0.15) is 29.8 Å². The monoisotopic (exact) mass is 394 g/mol. The highest BCUT2D eigenvalue weighted by atomic mass is 35.5. The predicted octanol–water partition coefficient (Wildman–Crippen LogP) is 2.73. The number of nitrogens with one attached hydrogen (secondary N) is 2. The van der Waals surface area contributed by atoms with Crippen LogP contribution in [0.3, 0.4) is 0 Å². The summed E-state index contributed by atoms with van der Waals surface area (Å²) < 4.78 is 1.74. The maximum Gasteiger partial charge on any atom is 0.242 e. The summed E-state index contributed by atoms with van der Waals surface area (Å²) in [6.07, 6.45) is 1.70. The summed E-state index contributed by atoms with van der Waals surface area (Å²) in [4.78, 5) is 24.2. The zero-order valence-electron chi connectivity index (χ0n) is 14.6. The van der Waals surface area contributed by atoms with Gasteiger partial charge in [0.15, 0.2) is 0 Å². The fourth-order valence-electron chi connectivity index (χ4n) is 3.11. The molecular weight excluding hydrogens is 375 g/mol. The molecule has 26 heavy (non-hydrogen) atoms. The molecule has 1 aliphatic heterocycles. The molecule has 1 unspecified atom stereocenters. The van der Waals surface area contributed by atoms with Crippen molar-refractivity contribution in [2.45, 2.75) is 39.2 Å². The molecule has 2 amide bonds. The van der Waals surface area contributed by atoms with Crippen LogP contribution in [0, 0.1) is 13.8 Å². The Bertz CT molecular complexity index is 863. The topological polar surface area (TPSA) is 76.0 Å². The van der Waals surface area contributed by atoms with Crippen LogP contribution < -0.4 is 10.6 Å². The lowest BCUT2D eigenvalue weighted by atomic mass is 10.1. The molecule has 0 bridgehead atoms. The van der Waals surface area contributed by atoms with E-state index in [2.05, 4.69) is 15.7 Å². The number of hydrogen-bond acceptors (Lipinski definition) is 3. The Labute approximate surface area is 161 Å². The Morgan fingerprint density at radius 3 is 2.81 bits per heavy atom. The van der Waals surface area contributed by atoms with Gasteiger partial charge in [0.25, 0.3) is 0 Å². The minimum absolute atomic E-state index is 0.121. The van der Waals surface area contributed by atoms with E-state index in [0.717, 1.165) is 29.1 Å². The summed E-state index contributed by atoms with van der Waals surface area (Å²) in [6.45, 7) is 4.43. The maximum absolute atomic E-state index is 12.4. The van der Waals surface area contributed by atoms with Gasteiger partial charge < -0.3 is 10.6 Å². The molecule has 2 aromatic rings. The number of hydrogen-bond donors (Lipinski definition) is 2. The standard InChI is InChI=1S/C18H20Cl2N4O2/c1-10-13(9-17(25)22-16-4-3-7-21-18(16)26)11(2)24(23-10)12-5-6-14(19)15(20)8-12/h5-6,8,16H,3-4,7,9H2,1-2H3,(H,21,26)(H,22,25). The molecule has 1 fully saturated rings. The van der Waals surface area contributed by atoms with Gasteiger partial charge in [0, 0.05) is 17.8 Å². The fourth-order valence-corrected chi connectivity index (χ4v) is 3.41. The second-order valence-electron chi connectivity index (χ2n) is 6.39. The predicted molar refractivity (Wildman–Crippen MR) is 101 cm³/mol. The zero-order chi connectivity index (χ0) is 18.8. The van der Waals surface area contributed by atoms with Crippen LogP contribution >= 0.6 is 23.2 Å². The molecular formula is C18H20Cl2N4O2. The van der Waals surface area contributed by atoms with Crippen molar-refractivity contribution in [3.05, 3.63) is 45.2 Å². The highest BCUT2D eigenvalue weighted by Crippen LogP contribution is 2.26. The second kappa shape index (κ2) is 7.68. The number of amides is 2. The third kappa shape index (κ3) is 3.86. The van der Waals surface area contributed by atoms with Gasteiger partial charge in [-0.05, 0) is 44.9 Å².